The Kier molecular flexibility index (Phi) is 8.65. The van der Waals surface area contributed by atoms with Crippen molar-refractivity contribution in [1.29, 1.82) is 0 Å². The Balaban J connectivity index is 1.49. The summed E-state index contributed by atoms with van der Waals surface area (Å²) in [6.07, 6.45) is 5.51. The second-order valence-corrected chi connectivity index (χ2v) is 10.9. The first-order valence-corrected chi connectivity index (χ1v) is 13.5. The van der Waals surface area contributed by atoms with Crippen LogP contribution in [0.2, 0.25) is 0 Å². The summed E-state index contributed by atoms with van der Waals surface area (Å²) in [4.78, 5) is 19.5. The number of unbranched alkanes of at least 4 members (excludes halogenated alkanes) is 3. The van der Waals surface area contributed by atoms with E-state index in [-0.39, 0.29) is 17.5 Å². The van der Waals surface area contributed by atoms with E-state index in [1.165, 1.54) is 18.2 Å². The Morgan fingerprint density at radius 1 is 0.947 bits per heavy atom. The number of hydrogen-bond acceptors (Lipinski definition) is 4. The van der Waals surface area contributed by atoms with Crippen LogP contribution in [0.25, 0.3) is 11.3 Å². The summed E-state index contributed by atoms with van der Waals surface area (Å²) in [6, 6.07) is 15.4. The van der Waals surface area contributed by atoms with Crippen LogP contribution in [0.5, 0.6) is 0 Å². The monoisotopic (exact) mass is 518 g/mol. The summed E-state index contributed by atoms with van der Waals surface area (Å²) in [5, 5.41) is 8.83. The number of rotatable bonds is 9. The van der Waals surface area contributed by atoms with Crippen molar-refractivity contribution >= 4 is 17.4 Å². The third-order valence-corrected chi connectivity index (χ3v) is 6.86. The molecule has 1 aliphatic rings. The molecule has 2 aromatic carbocycles. The van der Waals surface area contributed by atoms with Crippen molar-refractivity contribution in [3.05, 3.63) is 77.4 Å². The van der Waals surface area contributed by atoms with Gasteiger partial charge in [-0.1, -0.05) is 77.3 Å². The van der Waals surface area contributed by atoms with Crippen molar-refractivity contribution in [1.82, 2.24) is 10.2 Å². The molecule has 1 amide bonds. The van der Waals surface area contributed by atoms with E-state index < -0.39 is 17.0 Å². The van der Waals surface area contributed by atoms with Crippen LogP contribution >= 0.6 is 0 Å². The second-order valence-electron chi connectivity index (χ2n) is 10.9. The predicted molar refractivity (Wildman–Crippen MR) is 148 cm³/mol. The predicted octanol–water partition coefficient (Wildman–Crippen LogP) is 7.71. The Morgan fingerprint density at radius 3 is 2.26 bits per heavy atom. The molecule has 0 radical (unpaired) electrons. The zero-order valence-corrected chi connectivity index (χ0v) is 22.7. The largest absolute Gasteiger partial charge is 0.295 e. The fraction of sp³-hybridized carbons (Fsp3) is 0.419. The van der Waals surface area contributed by atoms with Gasteiger partial charge in [0.25, 0.3) is 0 Å². The molecule has 0 N–H and O–H groups in total. The Morgan fingerprint density at radius 2 is 1.66 bits per heavy atom. The molecule has 1 atom stereocenters. The molecule has 1 unspecified atom stereocenters. The van der Waals surface area contributed by atoms with Gasteiger partial charge < -0.3 is 0 Å². The van der Waals surface area contributed by atoms with Gasteiger partial charge in [-0.15, -0.1) is 10.2 Å². The number of halogens is 2. The summed E-state index contributed by atoms with van der Waals surface area (Å²) in [6.45, 7) is 8.55. The molecule has 0 saturated heterocycles. The number of carbonyl (C=O) groups excluding carboxylic acids is 1. The van der Waals surface area contributed by atoms with Crippen LogP contribution < -0.4 is 4.90 Å². The lowest BCUT2D eigenvalue weighted by Crippen LogP contribution is -2.40. The molecule has 0 bridgehead atoms. The van der Waals surface area contributed by atoms with Gasteiger partial charge in [0.1, 0.15) is 11.6 Å². The minimum Gasteiger partial charge on any atom is -0.295 e. The average Bonchev–Trinajstić information content (AvgIpc) is 3.38. The van der Waals surface area contributed by atoms with Crippen molar-refractivity contribution in [3.8, 4) is 11.3 Å². The van der Waals surface area contributed by atoms with Crippen LogP contribution in [0.3, 0.4) is 0 Å². The number of hydrogen-bond donors (Lipinski definition) is 0. The average molecular weight is 519 g/mol. The fourth-order valence-corrected chi connectivity index (χ4v) is 4.72. The first-order chi connectivity index (χ1) is 18.2. The lowest BCUT2D eigenvalue weighted by atomic mass is 9.94. The van der Waals surface area contributed by atoms with Crippen LogP contribution in [0.1, 0.15) is 83.4 Å². The van der Waals surface area contributed by atoms with Crippen molar-refractivity contribution in [2.24, 2.45) is 10.4 Å². The van der Waals surface area contributed by atoms with Gasteiger partial charge in [0.2, 0.25) is 5.91 Å². The van der Waals surface area contributed by atoms with E-state index in [1.807, 2.05) is 57.2 Å². The molecular weight excluding hydrogens is 482 g/mol. The molecule has 7 heteroatoms. The number of carbonyl (C=O) groups is 1. The van der Waals surface area contributed by atoms with Crippen molar-refractivity contribution < 1.29 is 13.6 Å². The van der Waals surface area contributed by atoms with Crippen LogP contribution in [-0.2, 0) is 4.79 Å². The smallest absolute Gasteiger partial charge is 0.233 e. The van der Waals surface area contributed by atoms with E-state index in [0.29, 0.717) is 36.6 Å². The van der Waals surface area contributed by atoms with Crippen molar-refractivity contribution in [3.63, 3.8) is 0 Å². The lowest BCUT2D eigenvalue weighted by Gasteiger charge is -2.28. The van der Waals surface area contributed by atoms with Gasteiger partial charge in [0, 0.05) is 23.2 Å². The van der Waals surface area contributed by atoms with E-state index in [1.54, 1.807) is 4.90 Å². The third kappa shape index (κ3) is 6.32. The molecule has 0 saturated carbocycles. The normalized spacial score (nSPS) is 15.4. The standard InChI is InChI=1S/C31H36F2N4O/c1-5-6-7-8-20-37(30(38)31(2,3)4)28-19-18-26(35-36-28)22-14-12-21(13-15-22)25-16-17-27(34-25)29-23(32)10-9-11-24(29)33/h9-15,18-19,25H,5-8,16-17,20H2,1-4H3. The Bertz CT molecular complexity index is 1260. The molecule has 0 fully saturated rings. The van der Waals surface area contributed by atoms with E-state index in [2.05, 4.69) is 22.1 Å². The Hall–Kier alpha value is -3.48. The quantitative estimate of drug-likeness (QED) is 0.273. The maximum Gasteiger partial charge on any atom is 0.233 e. The molecule has 3 aromatic rings. The number of benzene rings is 2. The molecule has 0 spiro atoms. The lowest BCUT2D eigenvalue weighted by molar-refractivity contribution is -0.125. The van der Waals surface area contributed by atoms with E-state index in [0.717, 1.165) is 36.8 Å². The molecule has 200 valence electrons. The number of amides is 1. The van der Waals surface area contributed by atoms with Crippen molar-refractivity contribution in [2.45, 2.75) is 72.3 Å². The van der Waals surface area contributed by atoms with Gasteiger partial charge in [-0.2, -0.15) is 0 Å². The van der Waals surface area contributed by atoms with Gasteiger partial charge in [0.15, 0.2) is 5.82 Å². The molecule has 1 aromatic heterocycles. The van der Waals surface area contributed by atoms with Crippen molar-refractivity contribution in [2.75, 3.05) is 11.4 Å². The third-order valence-electron chi connectivity index (χ3n) is 6.86. The van der Waals surface area contributed by atoms with Gasteiger partial charge in [-0.3, -0.25) is 14.7 Å². The van der Waals surface area contributed by atoms with Crippen LogP contribution in [0.15, 0.2) is 59.6 Å². The number of anilines is 1. The minimum atomic E-state index is -0.578. The number of aliphatic imine (C=N–C) groups is 1. The maximum atomic E-state index is 14.2. The van der Waals surface area contributed by atoms with Gasteiger partial charge in [-0.05, 0) is 49.1 Å². The van der Waals surface area contributed by atoms with Gasteiger partial charge in [-0.25, -0.2) is 8.78 Å². The molecule has 0 aliphatic carbocycles. The van der Waals surface area contributed by atoms with Gasteiger partial charge in [0.05, 0.1) is 17.3 Å². The second kappa shape index (κ2) is 11.9. The summed E-state index contributed by atoms with van der Waals surface area (Å²) in [5.41, 5.74) is 2.53. The highest BCUT2D eigenvalue weighted by Crippen LogP contribution is 2.33. The highest BCUT2D eigenvalue weighted by atomic mass is 19.1. The van der Waals surface area contributed by atoms with E-state index in [9.17, 15) is 13.6 Å². The Labute approximate surface area is 224 Å². The molecule has 2 heterocycles. The topological polar surface area (TPSA) is 58.5 Å². The van der Waals surface area contributed by atoms with Crippen LogP contribution in [0, 0.1) is 17.0 Å². The SMILES string of the molecule is CCCCCCN(C(=O)C(C)(C)C)c1ccc(-c2ccc(C3CCC(c4c(F)cccc4F)=N3)cc2)nn1. The number of nitrogens with zero attached hydrogens (tertiary/aromatic N) is 4. The zero-order valence-electron chi connectivity index (χ0n) is 22.7. The molecule has 4 rings (SSSR count). The number of aromatic nitrogens is 2. The zero-order chi connectivity index (χ0) is 27.3. The highest BCUT2D eigenvalue weighted by molar-refractivity contribution is 6.02. The molecular formula is C31H36F2N4O. The molecule has 1 aliphatic heterocycles. The van der Waals surface area contributed by atoms with Gasteiger partial charge >= 0.3 is 0 Å². The van der Waals surface area contributed by atoms with E-state index >= 15 is 0 Å². The maximum absolute atomic E-state index is 14.2. The first kappa shape index (κ1) is 27.6. The summed E-state index contributed by atoms with van der Waals surface area (Å²) >= 11 is 0. The molecule has 38 heavy (non-hydrogen) atoms. The van der Waals surface area contributed by atoms with Crippen LogP contribution in [0.4, 0.5) is 14.6 Å². The summed E-state index contributed by atoms with van der Waals surface area (Å²) < 4.78 is 28.4. The van der Waals surface area contributed by atoms with E-state index in [4.69, 9.17) is 0 Å². The fourth-order valence-electron chi connectivity index (χ4n) is 4.72. The molecule has 5 nitrogen and oxygen atoms in total. The summed E-state index contributed by atoms with van der Waals surface area (Å²) in [7, 11) is 0. The first-order valence-electron chi connectivity index (χ1n) is 13.5. The van der Waals surface area contributed by atoms with Crippen LogP contribution in [-0.4, -0.2) is 28.4 Å². The highest BCUT2D eigenvalue weighted by Gasteiger charge is 2.29. The summed E-state index contributed by atoms with van der Waals surface area (Å²) in [5.74, 6) is -0.557. The minimum absolute atomic E-state index is 0.0219.